The van der Waals surface area contributed by atoms with Gasteiger partial charge < -0.3 is 20.3 Å². The van der Waals surface area contributed by atoms with Gasteiger partial charge in [-0.1, -0.05) is 11.3 Å². The molecule has 2 aromatic rings. The van der Waals surface area contributed by atoms with Crippen molar-refractivity contribution in [2.45, 2.75) is 12.8 Å². The Hall–Kier alpha value is -2.96. The number of halogens is 1. The maximum Gasteiger partial charge on any atom is 0.286 e. The van der Waals surface area contributed by atoms with Gasteiger partial charge in [0.25, 0.3) is 11.8 Å². The van der Waals surface area contributed by atoms with Crippen LogP contribution in [-0.4, -0.2) is 90.2 Å². The van der Waals surface area contributed by atoms with E-state index in [0.29, 0.717) is 38.2 Å². The molecule has 3 amide bonds. The van der Waals surface area contributed by atoms with Gasteiger partial charge in [0.05, 0.1) is 19.1 Å². The van der Waals surface area contributed by atoms with E-state index in [1.54, 1.807) is 4.90 Å². The number of amides is 3. The number of nitrogens with zero attached hydrogens (tertiary/aromatic N) is 4. The molecule has 0 saturated carbocycles. The molecule has 1 aromatic heterocycles. The Balaban J connectivity index is 1.27. The fourth-order valence-corrected chi connectivity index (χ4v) is 4.64. The second-order valence-electron chi connectivity index (χ2n) is 8.21. The van der Waals surface area contributed by atoms with Crippen LogP contribution in [0.3, 0.4) is 0 Å². The minimum atomic E-state index is -0.528. The van der Waals surface area contributed by atoms with E-state index >= 15 is 0 Å². The van der Waals surface area contributed by atoms with Crippen molar-refractivity contribution in [3.8, 4) is 0 Å². The molecule has 0 spiro atoms. The first-order valence-corrected chi connectivity index (χ1v) is 12.1. The first kappa shape index (κ1) is 24.2. The molecule has 34 heavy (non-hydrogen) atoms. The molecular weight excluding hydrogens is 463 g/mol. The highest BCUT2D eigenvalue weighted by molar-refractivity contribution is 7.15. The van der Waals surface area contributed by atoms with Gasteiger partial charge >= 0.3 is 0 Å². The second kappa shape index (κ2) is 11.4. The van der Waals surface area contributed by atoms with Crippen LogP contribution < -0.4 is 10.6 Å². The van der Waals surface area contributed by atoms with Crippen molar-refractivity contribution >= 4 is 34.7 Å². The van der Waals surface area contributed by atoms with E-state index in [9.17, 15) is 18.8 Å². The fraction of sp³-hybridized carbons (Fsp3) is 0.500. The van der Waals surface area contributed by atoms with Crippen LogP contribution in [0.1, 0.15) is 32.4 Å². The third-order valence-corrected chi connectivity index (χ3v) is 6.72. The predicted octanol–water partition coefficient (Wildman–Crippen LogP) is 1.23. The molecule has 2 fully saturated rings. The summed E-state index contributed by atoms with van der Waals surface area (Å²) in [5, 5.41) is 13.4. The number of morpholine rings is 1. The van der Waals surface area contributed by atoms with E-state index in [1.807, 2.05) is 0 Å². The lowest BCUT2D eigenvalue weighted by Crippen LogP contribution is -2.47. The van der Waals surface area contributed by atoms with E-state index in [1.165, 1.54) is 24.3 Å². The molecule has 2 aliphatic rings. The molecule has 1 aromatic carbocycles. The number of ether oxygens (including phenoxy) is 1. The Morgan fingerprint density at radius 1 is 1.09 bits per heavy atom. The molecule has 0 aliphatic carbocycles. The summed E-state index contributed by atoms with van der Waals surface area (Å²) in [6, 6.07) is 5.33. The summed E-state index contributed by atoms with van der Waals surface area (Å²) in [6.45, 7) is 5.33. The van der Waals surface area contributed by atoms with Gasteiger partial charge in [0, 0.05) is 45.0 Å². The summed E-state index contributed by atoms with van der Waals surface area (Å²) in [4.78, 5) is 41.8. The summed E-state index contributed by atoms with van der Waals surface area (Å²) in [6.07, 6.45) is 1.43. The summed E-state index contributed by atoms with van der Waals surface area (Å²) in [5.41, 5.74) is 0.410. The highest BCUT2D eigenvalue weighted by Crippen LogP contribution is 2.21. The Morgan fingerprint density at radius 2 is 1.82 bits per heavy atom. The van der Waals surface area contributed by atoms with Crippen molar-refractivity contribution in [1.29, 1.82) is 0 Å². The van der Waals surface area contributed by atoms with Gasteiger partial charge in [0.1, 0.15) is 5.82 Å². The molecule has 2 saturated heterocycles. The van der Waals surface area contributed by atoms with Crippen LogP contribution in [0.25, 0.3) is 0 Å². The van der Waals surface area contributed by atoms with Gasteiger partial charge in [-0.25, -0.2) is 4.39 Å². The molecule has 1 atom stereocenters. The Morgan fingerprint density at radius 3 is 2.59 bits per heavy atom. The van der Waals surface area contributed by atoms with Gasteiger partial charge in [0.2, 0.25) is 15.9 Å². The minimum Gasteiger partial charge on any atom is -0.379 e. The molecule has 0 radical (unpaired) electrons. The first-order valence-electron chi connectivity index (χ1n) is 11.3. The number of hydrogen-bond acceptors (Lipinski definition) is 8. The number of aromatic nitrogens is 2. The van der Waals surface area contributed by atoms with E-state index in [4.69, 9.17) is 4.74 Å². The molecule has 3 heterocycles. The molecule has 12 heteroatoms. The Bertz CT molecular complexity index is 1010. The average molecular weight is 491 g/mol. The number of hydrogen-bond donors (Lipinski definition) is 2. The SMILES string of the molecule is O=C(Nc1ccc(F)cc1)c1nnc(C(=O)N2CCC[C@@H](C(=O)NCCN3CCOCC3)C2)s1. The van der Waals surface area contributed by atoms with Crippen LogP contribution in [0.5, 0.6) is 0 Å². The van der Waals surface area contributed by atoms with Crippen molar-refractivity contribution in [3.63, 3.8) is 0 Å². The largest absolute Gasteiger partial charge is 0.379 e. The number of benzene rings is 1. The topological polar surface area (TPSA) is 117 Å². The van der Waals surface area contributed by atoms with E-state index in [-0.39, 0.29) is 27.7 Å². The van der Waals surface area contributed by atoms with E-state index in [0.717, 1.165) is 44.2 Å². The van der Waals surface area contributed by atoms with E-state index in [2.05, 4.69) is 25.7 Å². The molecule has 4 rings (SSSR count). The zero-order chi connectivity index (χ0) is 23.9. The van der Waals surface area contributed by atoms with Crippen LogP contribution in [0.2, 0.25) is 0 Å². The normalized spacial score (nSPS) is 19.0. The standard InChI is InChI=1S/C22H27FN6O4S/c23-16-3-5-17(6-4-16)25-19(31)20-26-27-21(34-20)22(32)29-8-1-2-15(14-29)18(30)24-7-9-28-10-12-33-13-11-28/h3-6,15H,1-2,7-14H2,(H,24,30)(H,25,31)/t15-/m1/s1. The maximum atomic E-state index is 13.0. The molecule has 2 aliphatic heterocycles. The summed E-state index contributed by atoms with van der Waals surface area (Å²) in [7, 11) is 0. The van der Waals surface area contributed by atoms with Crippen LogP contribution in [0.4, 0.5) is 10.1 Å². The third kappa shape index (κ3) is 6.33. The van der Waals surface area contributed by atoms with Gasteiger partial charge in [-0.15, -0.1) is 10.2 Å². The van der Waals surface area contributed by atoms with Crippen molar-refractivity contribution in [2.75, 3.05) is 57.8 Å². The lowest BCUT2D eigenvalue weighted by Gasteiger charge is -2.32. The first-order chi connectivity index (χ1) is 16.5. The van der Waals surface area contributed by atoms with Crippen LogP contribution in [-0.2, 0) is 9.53 Å². The number of carbonyl (C=O) groups is 3. The zero-order valence-electron chi connectivity index (χ0n) is 18.7. The van der Waals surface area contributed by atoms with E-state index < -0.39 is 11.7 Å². The highest BCUT2D eigenvalue weighted by atomic mass is 32.1. The highest BCUT2D eigenvalue weighted by Gasteiger charge is 2.31. The maximum absolute atomic E-state index is 13.0. The molecule has 0 bridgehead atoms. The smallest absolute Gasteiger partial charge is 0.286 e. The average Bonchev–Trinajstić information content (AvgIpc) is 3.36. The van der Waals surface area contributed by atoms with Crippen molar-refractivity contribution in [2.24, 2.45) is 5.92 Å². The molecular formula is C22H27FN6O4S. The number of nitrogens with one attached hydrogen (secondary N) is 2. The monoisotopic (exact) mass is 490 g/mol. The number of carbonyl (C=O) groups excluding carboxylic acids is 3. The van der Waals surface area contributed by atoms with Gasteiger partial charge in [0.15, 0.2) is 0 Å². The molecule has 10 nitrogen and oxygen atoms in total. The van der Waals surface area contributed by atoms with Crippen LogP contribution in [0.15, 0.2) is 24.3 Å². The quantitative estimate of drug-likeness (QED) is 0.600. The lowest BCUT2D eigenvalue weighted by atomic mass is 9.97. The predicted molar refractivity (Wildman–Crippen MR) is 123 cm³/mol. The minimum absolute atomic E-state index is 0.0297. The van der Waals surface area contributed by atoms with Crippen molar-refractivity contribution < 1.29 is 23.5 Å². The zero-order valence-corrected chi connectivity index (χ0v) is 19.5. The number of rotatable bonds is 7. The van der Waals surface area contributed by atoms with Gasteiger partial charge in [-0.05, 0) is 37.1 Å². The second-order valence-corrected chi connectivity index (χ2v) is 9.19. The van der Waals surface area contributed by atoms with Gasteiger partial charge in [-0.3, -0.25) is 19.3 Å². The van der Waals surface area contributed by atoms with Crippen LogP contribution in [0, 0.1) is 11.7 Å². The number of anilines is 1. The summed E-state index contributed by atoms with van der Waals surface area (Å²) in [5.74, 6) is -1.62. The molecule has 182 valence electrons. The van der Waals surface area contributed by atoms with Crippen molar-refractivity contribution in [3.05, 3.63) is 40.1 Å². The molecule has 2 N–H and O–H groups in total. The van der Waals surface area contributed by atoms with Crippen molar-refractivity contribution in [1.82, 2.24) is 25.3 Å². The number of likely N-dealkylation sites (tertiary alicyclic amines) is 1. The fourth-order valence-electron chi connectivity index (χ4n) is 3.94. The Labute approximate surface area is 200 Å². The lowest BCUT2D eigenvalue weighted by molar-refractivity contribution is -0.126. The summed E-state index contributed by atoms with van der Waals surface area (Å²) < 4.78 is 18.4. The molecule has 0 unspecified atom stereocenters. The van der Waals surface area contributed by atoms with Crippen LogP contribution >= 0.6 is 11.3 Å². The third-order valence-electron chi connectivity index (χ3n) is 5.81. The van der Waals surface area contributed by atoms with Gasteiger partial charge in [-0.2, -0.15) is 0 Å². The summed E-state index contributed by atoms with van der Waals surface area (Å²) >= 11 is 0.889. The number of piperidine rings is 1. The Kier molecular flexibility index (Phi) is 8.14.